The topological polar surface area (TPSA) is 49.3 Å². The monoisotopic (exact) mass is 283 g/mol. The number of hydrogen-bond acceptors (Lipinski definition) is 3. The largest absolute Gasteiger partial charge is 0.391 e. The van der Waals surface area contributed by atoms with Gasteiger partial charge in [-0.25, -0.2) is 0 Å². The Morgan fingerprint density at radius 2 is 1.95 bits per heavy atom. The van der Waals surface area contributed by atoms with Crippen LogP contribution < -0.4 is 5.32 Å². The lowest BCUT2D eigenvalue weighted by atomic mass is 10.1. The average molecular weight is 283 g/mol. The second kappa shape index (κ2) is 6.64. The molecule has 4 heteroatoms. The van der Waals surface area contributed by atoms with E-state index in [9.17, 15) is 9.32 Å². The zero-order valence-electron chi connectivity index (χ0n) is 12.5. The number of aryl methyl sites for hydroxylation is 2. The molecule has 1 aromatic carbocycles. The Labute approximate surface area is 118 Å². The van der Waals surface area contributed by atoms with Gasteiger partial charge < -0.3 is 10.4 Å². The summed E-state index contributed by atoms with van der Waals surface area (Å²) in [6.07, 6.45) is -0.597. The number of hydrogen-bond donors (Lipinski definition) is 2. The van der Waals surface area contributed by atoms with Crippen LogP contribution in [0.3, 0.4) is 0 Å². The van der Waals surface area contributed by atoms with Crippen molar-refractivity contribution in [2.24, 2.45) is 0 Å². The number of aliphatic hydroxyl groups is 1. The molecule has 0 saturated carbocycles. The van der Waals surface area contributed by atoms with Gasteiger partial charge >= 0.3 is 0 Å². The van der Waals surface area contributed by atoms with Crippen molar-refractivity contribution in [2.45, 2.75) is 51.2 Å². The molecule has 3 nitrogen and oxygen atoms in total. The first kappa shape index (κ1) is 16.3. The van der Waals surface area contributed by atoms with Gasteiger partial charge in [0.2, 0.25) is 0 Å². The summed E-state index contributed by atoms with van der Waals surface area (Å²) in [5, 5.41) is 13.2. The molecule has 1 rings (SSSR count). The number of nitrogens with one attached hydrogen (secondary N) is 1. The van der Waals surface area contributed by atoms with E-state index in [-0.39, 0.29) is 11.3 Å². The van der Waals surface area contributed by atoms with E-state index in [0.29, 0.717) is 6.54 Å². The fourth-order valence-corrected chi connectivity index (χ4v) is 3.09. The third kappa shape index (κ3) is 5.85. The lowest BCUT2D eigenvalue weighted by Crippen LogP contribution is -2.42. The minimum Gasteiger partial charge on any atom is -0.391 e. The van der Waals surface area contributed by atoms with Crippen LogP contribution in [0.25, 0.3) is 0 Å². The van der Waals surface area contributed by atoms with Crippen LogP contribution >= 0.6 is 0 Å². The molecule has 108 valence electrons. The molecule has 0 spiro atoms. The highest BCUT2D eigenvalue weighted by molar-refractivity contribution is 7.85. The van der Waals surface area contributed by atoms with Crippen molar-refractivity contribution in [1.82, 2.24) is 5.32 Å². The molecule has 1 aromatic rings. The lowest BCUT2D eigenvalue weighted by molar-refractivity contribution is 0.182. The fourth-order valence-electron chi connectivity index (χ4n) is 1.70. The van der Waals surface area contributed by atoms with Gasteiger partial charge in [0, 0.05) is 17.0 Å². The summed E-state index contributed by atoms with van der Waals surface area (Å²) in [7, 11) is -1.15. The maximum absolute atomic E-state index is 12.3. The molecule has 0 aliphatic rings. The number of benzene rings is 1. The van der Waals surface area contributed by atoms with Crippen LogP contribution in [-0.4, -0.2) is 33.3 Å². The Kier molecular flexibility index (Phi) is 5.71. The summed E-state index contributed by atoms with van der Waals surface area (Å²) in [6.45, 7) is 10.5. The Morgan fingerprint density at radius 1 is 1.32 bits per heavy atom. The predicted octanol–water partition coefficient (Wildman–Crippen LogP) is 2.16. The van der Waals surface area contributed by atoms with Crippen LogP contribution in [0.2, 0.25) is 0 Å². The molecular weight excluding hydrogens is 258 g/mol. The highest BCUT2D eigenvalue weighted by Crippen LogP contribution is 2.16. The first-order valence-electron chi connectivity index (χ1n) is 6.58. The van der Waals surface area contributed by atoms with E-state index in [1.54, 1.807) is 0 Å². The summed E-state index contributed by atoms with van der Waals surface area (Å²) < 4.78 is 12.3. The highest BCUT2D eigenvalue weighted by Gasteiger charge is 2.16. The summed E-state index contributed by atoms with van der Waals surface area (Å²) >= 11 is 0. The normalized spacial score (nSPS) is 15.3. The summed E-state index contributed by atoms with van der Waals surface area (Å²) in [5.74, 6) is 0.271. The summed E-state index contributed by atoms with van der Waals surface area (Å²) in [4.78, 5) is 0.829. The SMILES string of the molecule is Cc1ccc(C)c(S(=O)CC(O)CNC(C)(C)C)c1. The van der Waals surface area contributed by atoms with Crippen LogP contribution in [0.15, 0.2) is 23.1 Å². The molecule has 19 heavy (non-hydrogen) atoms. The van der Waals surface area contributed by atoms with Crippen molar-refractivity contribution in [3.05, 3.63) is 29.3 Å². The predicted molar refractivity (Wildman–Crippen MR) is 81.0 cm³/mol. The van der Waals surface area contributed by atoms with Crippen LogP contribution in [-0.2, 0) is 10.8 Å². The maximum Gasteiger partial charge on any atom is 0.0783 e. The summed E-state index contributed by atoms with van der Waals surface area (Å²) in [5.41, 5.74) is 2.07. The molecule has 2 atom stereocenters. The molecule has 0 aliphatic heterocycles. The molecule has 0 fully saturated rings. The van der Waals surface area contributed by atoms with Crippen molar-refractivity contribution >= 4 is 10.8 Å². The van der Waals surface area contributed by atoms with Crippen LogP contribution in [0.1, 0.15) is 31.9 Å². The van der Waals surface area contributed by atoms with Crippen molar-refractivity contribution in [1.29, 1.82) is 0 Å². The van der Waals surface area contributed by atoms with E-state index in [2.05, 4.69) is 5.32 Å². The number of β-amino-alcohol motifs (C(OH)–C–C–N with tert-alkyl or cyclic N) is 1. The van der Waals surface area contributed by atoms with Gasteiger partial charge in [-0.3, -0.25) is 4.21 Å². The minimum atomic E-state index is -1.15. The Bertz CT molecular complexity index is 452. The van der Waals surface area contributed by atoms with Crippen LogP contribution in [0.4, 0.5) is 0 Å². The quantitative estimate of drug-likeness (QED) is 0.870. The highest BCUT2D eigenvalue weighted by atomic mass is 32.2. The Balaban J connectivity index is 2.62. The molecule has 2 N–H and O–H groups in total. The van der Waals surface area contributed by atoms with Crippen LogP contribution in [0.5, 0.6) is 0 Å². The Morgan fingerprint density at radius 3 is 2.53 bits per heavy atom. The molecule has 2 unspecified atom stereocenters. The maximum atomic E-state index is 12.3. The van der Waals surface area contributed by atoms with E-state index in [4.69, 9.17) is 0 Å². The molecule has 0 aromatic heterocycles. The molecule has 0 radical (unpaired) electrons. The van der Waals surface area contributed by atoms with Gasteiger partial charge in [0.1, 0.15) is 0 Å². The first-order chi connectivity index (χ1) is 8.69. The third-order valence-corrected chi connectivity index (χ3v) is 4.42. The Hall–Kier alpha value is -0.710. The van der Waals surface area contributed by atoms with E-state index in [0.717, 1.165) is 16.0 Å². The van der Waals surface area contributed by atoms with E-state index in [1.165, 1.54) is 0 Å². The van der Waals surface area contributed by atoms with Crippen molar-refractivity contribution in [3.63, 3.8) is 0 Å². The van der Waals surface area contributed by atoms with Gasteiger partial charge in [0.15, 0.2) is 0 Å². The zero-order chi connectivity index (χ0) is 14.6. The number of aliphatic hydroxyl groups excluding tert-OH is 1. The molecule has 0 bridgehead atoms. The van der Waals surface area contributed by atoms with E-state index in [1.807, 2.05) is 52.8 Å². The van der Waals surface area contributed by atoms with E-state index < -0.39 is 16.9 Å². The van der Waals surface area contributed by atoms with Gasteiger partial charge in [0.25, 0.3) is 0 Å². The van der Waals surface area contributed by atoms with Crippen LogP contribution in [0, 0.1) is 13.8 Å². The summed E-state index contributed by atoms with van der Waals surface area (Å²) in [6, 6.07) is 5.92. The van der Waals surface area contributed by atoms with Crippen molar-refractivity contribution in [3.8, 4) is 0 Å². The van der Waals surface area contributed by atoms with Crippen molar-refractivity contribution in [2.75, 3.05) is 12.3 Å². The molecule has 0 heterocycles. The van der Waals surface area contributed by atoms with Gasteiger partial charge in [-0.2, -0.15) is 0 Å². The molecule has 0 aliphatic carbocycles. The lowest BCUT2D eigenvalue weighted by Gasteiger charge is -2.22. The van der Waals surface area contributed by atoms with Gasteiger partial charge in [-0.1, -0.05) is 12.1 Å². The molecule has 0 saturated heterocycles. The van der Waals surface area contributed by atoms with Crippen molar-refractivity contribution < 1.29 is 9.32 Å². The smallest absolute Gasteiger partial charge is 0.0783 e. The minimum absolute atomic E-state index is 0.0400. The van der Waals surface area contributed by atoms with Gasteiger partial charge in [-0.05, 0) is 51.8 Å². The molecular formula is C15H25NO2S. The first-order valence-corrected chi connectivity index (χ1v) is 7.89. The van der Waals surface area contributed by atoms with E-state index >= 15 is 0 Å². The fraction of sp³-hybridized carbons (Fsp3) is 0.600. The standard InChI is InChI=1S/C15H25NO2S/c1-11-6-7-12(2)14(8-11)19(18)10-13(17)9-16-15(3,4)5/h6-8,13,16-17H,9-10H2,1-5H3. The number of rotatable bonds is 5. The van der Waals surface area contributed by atoms with Gasteiger partial charge in [-0.15, -0.1) is 0 Å². The molecule has 0 amide bonds. The second-order valence-electron chi connectivity index (χ2n) is 6.07. The van der Waals surface area contributed by atoms with Gasteiger partial charge in [0.05, 0.1) is 22.7 Å². The second-order valence-corrected chi connectivity index (χ2v) is 7.53. The third-order valence-electron chi connectivity index (χ3n) is 2.80. The average Bonchev–Trinajstić information content (AvgIpc) is 2.28. The zero-order valence-corrected chi connectivity index (χ0v) is 13.3.